The number of hydrogen-bond donors (Lipinski definition) is 2. The summed E-state index contributed by atoms with van der Waals surface area (Å²) >= 11 is 0. The van der Waals surface area contributed by atoms with E-state index in [1.807, 2.05) is 6.92 Å². The first-order chi connectivity index (χ1) is 9.39. The fourth-order valence-corrected chi connectivity index (χ4v) is 2.90. The van der Waals surface area contributed by atoms with Gasteiger partial charge in [0.05, 0.1) is 16.4 Å². The molecule has 0 aliphatic rings. The number of anilines is 2. The first-order valence-corrected chi connectivity index (χ1v) is 8.01. The molecule has 0 aliphatic heterocycles. The number of nitro groups is 1. The molecule has 0 saturated carbocycles. The summed E-state index contributed by atoms with van der Waals surface area (Å²) in [6.07, 6.45) is 2.39. The number of hydrogen-bond acceptors (Lipinski definition) is 5. The first kappa shape index (κ1) is 16.2. The summed E-state index contributed by atoms with van der Waals surface area (Å²) in [5.74, 6) is 0.0483. The molecule has 1 aromatic carbocycles. The van der Waals surface area contributed by atoms with Gasteiger partial charge in [0.25, 0.3) is 5.69 Å². The van der Waals surface area contributed by atoms with Crippen molar-refractivity contribution in [3.63, 3.8) is 0 Å². The summed E-state index contributed by atoms with van der Waals surface area (Å²) < 4.78 is 26.1. The highest BCUT2D eigenvalue weighted by molar-refractivity contribution is 7.92. The maximum Gasteiger partial charge on any atom is 0.292 e. The van der Waals surface area contributed by atoms with E-state index in [2.05, 4.69) is 10.0 Å². The van der Waals surface area contributed by atoms with Gasteiger partial charge in [0, 0.05) is 13.1 Å². The SMILES string of the molecule is CCCCCS(=O)(=O)Nc1ccc([N+](=O)[O-])c(NC)c1. The third-order valence-corrected chi connectivity index (χ3v) is 4.13. The van der Waals surface area contributed by atoms with E-state index in [1.54, 1.807) is 7.05 Å². The molecule has 0 fully saturated rings. The van der Waals surface area contributed by atoms with Crippen molar-refractivity contribution in [1.29, 1.82) is 0 Å². The largest absolute Gasteiger partial charge is 0.383 e. The number of unbranched alkanes of at least 4 members (excludes halogenated alkanes) is 2. The van der Waals surface area contributed by atoms with E-state index in [-0.39, 0.29) is 17.1 Å². The van der Waals surface area contributed by atoms with Gasteiger partial charge < -0.3 is 5.32 Å². The van der Waals surface area contributed by atoms with E-state index in [1.165, 1.54) is 18.2 Å². The molecule has 0 bridgehead atoms. The van der Waals surface area contributed by atoms with Crippen LogP contribution in [0, 0.1) is 10.1 Å². The molecule has 2 N–H and O–H groups in total. The fraction of sp³-hybridized carbons (Fsp3) is 0.500. The number of rotatable bonds is 8. The van der Waals surface area contributed by atoms with Crippen molar-refractivity contribution >= 4 is 27.1 Å². The molecular formula is C12H19N3O4S. The molecule has 7 nitrogen and oxygen atoms in total. The number of sulfonamides is 1. The number of benzene rings is 1. The zero-order valence-corrected chi connectivity index (χ0v) is 12.4. The Hall–Kier alpha value is -1.83. The molecule has 0 unspecified atom stereocenters. The molecule has 1 rings (SSSR count). The van der Waals surface area contributed by atoms with Crippen LogP contribution in [0.4, 0.5) is 17.1 Å². The van der Waals surface area contributed by atoms with Crippen molar-refractivity contribution in [3.8, 4) is 0 Å². The van der Waals surface area contributed by atoms with Crippen LogP contribution in [0.3, 0.4) is 0 Å². The molecule has 8 heteroatoms. The number of nitro benzene ring substituents is 1. The Labute approximate surface area is 118 Å². The molecule has 0 saturated heterocycles. The average molecular weight is 301 g/mol. The van der Waals surface area contributed by atoms with Gasteiger partial charge in [0.15, 0.2) is 0 Å². The van der Waals surface area contributed by atoms with Crippen LogP contribution in [0.1, 0.15) is 26.2 Å². The monoisotopic (exact) mass is 301 g/mol. The highest BCUT2D eigenvalue weighted by atomic mass is 32.2. The number of nitrogens with zero attached hydrogens (tertiary/aromatic N) is 1. The second-order valence-electron chi connectivity index (χ2n) is 4.37. The van der Waals surface area contributed by atoms with E-state index < -0.39 is 14.9 Å². The maximum absolute atomic E-state index is 11.8. The maximum atomic E-state index is 11.8. The van der Waals surface area contributed by atoms with Gasteiger partial charge in [0.1, 0.15) is 5.69 Å². The molecule has 112 valence electrons. The van der Waals surface area contributed by atoms with Gasteiger partial charge in [-0.1, -0.05) is 19.8 Å². The lowest BCUT2D eigenvalue weighted by Crippen LogP contribution is -2.16. The van der Waals surface area contributed by atoms with Crippen molar-refractivity contribution in [1.82, 2.24) is 0 Å². The average Bonchev–Trinajstić information content (AvgIpc) is 2.37. The lowest BCUT2D eigenvalue weighted by Gasteiger charge is -2.09. The molecule has 20 heavy (non-hydrogen) atoms. The summed E-state index contributed by atoms with van der Waals surface area (Å²) in [4.78, 5) is 10.3. The van der Waals surface area contributed by atoms with Crippen LogP contribution < -0.4 is 10.0 Å². The molecule has 0 heterocycles. The van der Waals surface area contributed by atoms with Gasteiger partial charge in [-0.25, -0.2) is 8.42 Å². The molecular weight excluding hydrogens is 282 g/mol. The van der Waals surface area contributed by atoms with Crippen LogP contribution in [-0.2, 0) is 10.0 Å². The third-order valence-electron chi connectivity index (χ3n) is 2.75. The predicted molar refractivity (Wildman–Crippen MR) is 79.6 cm³/mol. The van der Waals surface area contributed by atoms with Crippen LogP contribution in [0.5, 0.6) is 0 Å². The Balaban J connectivity index is 2.85. The zero-order chi connectivity index (χ0) is 15.2. The van der Waals surface area contributed by atoms with Gasteiger partial charge in [-0.15, -0.1) is 0 Å². The van der Waals surface area contributed by atoms with E-state index in [0.29, 0.717) is 12.1 Å². The van der Waals surface area contributed by atoms with Crippen molar-refractivity contribution in [2.24, 2.45) is 0 Å². The molecule has 0 radical (unpaired) electrons. The minimum absolute atomic E-state index is 0.0483. The minimum Gasteiger partial charge on any atom is -0.383 e. The smallest absolute Gasteiger partial charge is 0.292 e. The molecule has 1 aromatic rings. The molecule has 0 atom stereocenters. The van der Waals surface area contributed by atoms with E-state index in [4.69, 9.17) is 0 Å². The van der Waals surface area contributed by atoms with E-state index >= 15 is 0 Å². The summed E-state index contributed by atoms with van der Waals surface area (Å²) in [7, 11) is -1.87. The summed E-state index contributed by atoms with van der Waals surface area (Å²) in [5.41, 5.74) is 0.488. The van der Waals surface area contributed by atoms with Gasteiger partial charge >= 0.3 is 0 Å². The highest BCUT2D eigenvalue weighted by Gasteiger charge is 2.15. The molecule has 0 spiro atoms. The van der Waals surface area contributed by atoms with Crippen LogP contribution in [0.15, 0.2) is 18.2 Å². The topological polar surface area (TPSA) is 101 Å². The Morgan fingerprint density at radius 2 is 2.00 bits per heavy atom. The Kier molecular flexibility index (Phi) is 5.75. The highest BCUT2D eigenvalue weighted by Crippen LogP contribution is 2.27. The molecule has 0 aliphatic carbocycles. The summed E-state index contributed by atoms with van der Waals surface area (Å²) in [5, 5.41) is 13.5. The molecule has 0 aromatic heterocycles. The summed E-state index contributed by atoms with van der Waals surface area (Å²) in [6.45, 7) is 2.00. The molecule has 0 amide bonds. The van der Waals surface area contributed by atoms with Gasteiger partial charge in [-0.3, -0.25) is 14.8 Å². The van der Waals surface area contributed by atoms with Crippen LogP contribution in [-0.4, -0.2) is 26.1 Å². The van der Waals surface area contributed by atoms with Crippen molar-refractivity contribution in [3.05, 3.63) is 28.3 Å². The Bertz CT molecular complexity index is 572. The number of nitrogens with one attached hydrogen (secondary N) is 2. The quantitative estimate of drug-likeness (QED) is 0.436. The normalized spacial score (nSPS) is 11.1. The van der Waals surface area contributed by atoms with Crippen molar-refractivity contribution in [2.45, 2.75) is 26.2 Å². The third kappa shape index (κ3) is 4.69. The van der Waals surface area contributed by atoms with Crippen LogP contribution in [0.25, 0.3) is 0 Å². The van der Waals surface area contributed by atoms with Crippen LogP contribution >= 0.6 is 0 Å². The summed E-state index contributed by atoms with van der Waals surface area (Å²) in [6, 6.07) is 4.07. The van der Waals surface area contributed by atoms with Crippen molar-refractivity contribution < 1.29 is 13.3 Å². The van der Waals surface area contributed by atoms with Gasteiger partial charge in [0.2, 0.25) is 10.0 Å². The minimum atomic E-state index is -3.41. The van der Waals surface area contributed by atoms with Gasteiger partial charge in [-0.05, 0) is 18.6 Å². The van der Waals surface area contributed by atoms with Crippen LogP contribution in [0.2, 0.25) is 0 Å². The van der Waals surface area contributed by atoms with Gasteiger partial charge in [-0.2, -0.15) is 0 Å². The van der Waals surface area contributed by atoms with E-state index in [9.17, 15) is 18.5 Å². The Morgan fingerprint density at radius 3 is 2.55 bits per heavy atom. The van der Waals surface area contributed by atoms with E-state index in [0.717, 1.165) is 12.8 Å². The first-order valence-electron chi connectivity index (χ1n) is 6.36. The predicted octanol–water partition coefficient (Wildman–Crippen LogP) is 2.57. The standard InChI is InChI=1S/C12H19N3O4S/c1-3-4-5-8-20(18,19)14-10-6-7-12(15(16)17)11(9-10)13-2/h6-7,9,13-14H,3-5,8H2,1-2H3. The zero-order valence-electron chi connectivity index (χ0n) is 11.5. The lowest BCUT2D eigenvalue weighted by atomic mass is 10.2. The van der Waals surface area contributed by atoms with Crippen molar-refractivity contribution in [2.75, 3.05) is 22.8 Å². The second kappa shape index (κ2) is 7.09. The Morgan fingerprint density at radius 1 is 1.30 bits per heavy atom. The fourth-order valence-electron chi connectivity index (χ4n) is 1.73. The second-order valence-corrected chi connectivity index (χ2v) is 6.21. The lowest BCUT2D eigenvalue weighted by molar-refractivity contribution is -0.383.